The normalized spacial score (nSPS) is 18.4. The molecular weight excluding hydrogens is 498 g/mol. The number of fused-ring (bicyclic) bond motifs is 3. The Morgan fingerprint density at radius 2 is 2.03 bits per heavy atom. The van der Waals surface area contributed by atoms with Crippen LogP contribution in [0.2, 0.25) is 0 Å². The van der Waals surface area contributed by atoms with Gasteiger partial charge < -0.3 is 20.3 Å². The molecule has 12 heteroatoms. The maximum absolute atomic E-state index is 13.1. The number of hydrogen-bond donors (Lipinski definition) is 3. The summed E-state index contributed by atoms with van der Waals surface area (Å²) in [5, 5.41) is 18.8. The van der Waals surface area contributed by atoms with Crippen molar-refractivity contribution < 1.29 is 14.3 Å². The molecule has 2 aromatic heterocycles. The van der Waals surface area contributed by atoms with Crippen LogP contribution in [0.3, 0.4) is 0 Å². The average molecular weight is 528 g/mol. The van der Waals surface area contributed by atoms with Crippen LogP contribution in [-0.4, -0.2) is 67.1 Å². The Kier molecular flexibility index (Phi) is 6.45. The van der Waals surface area contributed by atoms with Crippen molar-refractivity contribution in [3.8, 4) is 22.8 Å². The molecule has 0 aliphatic carbocycles. The minimum atomic E-state index is -0.723. The summed E-state index contributed by atoms with van der Waals surface area (Å²) in [6.45, 7) is 2.99. The van der Waals surface area contributed by atoms with Gasteiger partial charge in [-0.3, -0.25) is 14.8 Å². The molecule has 3 N–H and O–H groups in total. The van der Waals surface area contributed by atoms with Gasteiger partial charge >= 0.3 is 6.09 Å². The van der Waals surface area contributed by atoms with Crippen LogP contribution in [0.5, 0.6) is 0 Å². The second-order valence-corrected chi connectivity index (χ2v) is 9.65. The van der Waals surface area contributed by atoms with Crippen molar-refractivity contribution in [3.63, 3.8) is 0 Å². The number of anilines is 1. The predicted octanol–water partition coefficient (Wildman–Crippen LogP) is 2.26. The average Bonchev–Trinajstić information content (AvgIpc) is 3.54. The van der Waals surface area contributed by atoms with Crippen LogP contribution in [0.25, 0.3) is 22.8 Å². The van der Waals surface area contributed by atoms with E-state index in [1.54, 1.807) is 20.5 Å². The van der Waals surface area contributed by atoms with Crippen LogP contribution in [0.4, 0.5) is 10.5 Å². The molecule has 0 spiro atoms. The van der Waals surface area contributed by atoms with Crippen LogP contribution >= 0.6 is 0 Å². The number of rotatable bonds is 5. The molecule has 0 bridgehead atoms. The zero-order valence-electron chi connectivity index (χ0n) is 21.7. The molecule has 4 aromatic rings. The molecule has 1 unspecified atom stereocenters. The minimum absolute atomic E-state index is 0.137. The Labute approximate surface area is 225 Å². The van der Waals surface area contributed by atoms with Crippen LogP contribution < -0.4 is 16.0 Å². The molecule has 1 fully saturated rings. The highest BCUT2D eigenvalue weighted by Gasteiger charge is 2.34. The number of para-hydroxylation sites is 1. The number of amides is 2. The highest BCUT2D eigenvalue weighted by atomic mass is 16.6. The van der Waals surface area contributed by atoms with Gasteiger partial charge in [0.2, 0.25) is 5.91 Å². The number of nitrogens with zero attached hydrogens (tertiary/aromatic N) is 6. The zero-order chi connectivity index (χ0) is 26.9. The number of nitrogens with one attached hydrogen (secondary N) is 3. The lowest BCUT2D eigenvalue weighted by molar-refractivity contribution is -0.123. The third kappa shape index (κ3) is 4.93. The molecule has 39 heavy (non-hydrogen) atoms. The molecule has 4 heterocycles. The van der Waals surface area contributed by atoms with Crippen LogP contribution in [0.1, 0.15) is 17.4 Å². The van der Waals surface area contributed by atoms with Gasteiger partial charge in [-0.2, -0.15) is 5.10 Å². The van der Waals surface area contributed by atoms with E-state index >= 15 is 0 Å². The number of ether oxygens (including phenoxy) is 1. The number of aryl methyl sites for hydroxylation is 2. The van der Waals surface area contributed by atoms with Gasteiger partial charge in [-0.15, -0.1) is 5.10 Å². The van der Waals surface area contributed by atoms with Gasteiger partial charge in [0.25, 0.3) is 0 Å². The maximum Gasteiger partial charge on any atom is 0.410 e. The van der Waals surface area contributed by atoms with E-state index in [9.17, 15) is 9.59 Å². The Morgan fingerprint density at radius 3 is 2.82 bits per heavy atom. The molecule has 2 aliphatic rings. The number of hydrogen-bond acceptors (Lipinski definition) is 8. The van der Waals surface area contributed by atoms with Crippen molar-refractivity contribution in [2.24, 2.45) is 7.05 Å². The van der Waals surface area contributed by atoms with Gasteiger partial charge in [-0.05, 0) is 24.1 Å². The first-order chi connectivity index (χ1) is 19.0. The van der Waals surface area contributed by atoms with Crippen molar-refractivity contribution >= 4 is 17.7 Å². The standard InChI is InChI=1S/C27H29N9O3/c1-17-7-6-10-20-22(17)31-26(36-24(20)32-23(33-36)19-13-29-34(2)14-19)30-21-15-35(12-11-28-25(21)37)27(38)39-16-18-8-4-3-5-9-18/h3-10,13-14,21,26,30-31H,11-12,15-16H2,1-2H3,(H,28,37)/t21-,26?/m1/s1. The molecule has 0 radical (unpaired) electrons. The highest BCUT2D eigenvalue weighted by molar-refractivity contribution is 5.84. The predicted molar refractivity (Wildman–Crippen MR) is 143 cm³/mol. The zero-order valence-corrected chi connectivity index (χ0v) is 21.7. The maximum atomic E-state index is 13.1. The lowest BCUT2D eigenvalue weighted by atomic mass is 10.1. The second kappa shape index (κ2) is 10.2. The van der Waals surface area contributed by atoms with E-state index in [0.717, 1.165) is 27.9 Å². The Bertz CT molecular complexity index is 1510. The SMILES string of the molecule is Cc1cccc2c1NC(N[C@@H]1CN(C(=O)OCc3ccccc3)CCNC1=O)n1nc(-c3cnn(C)c3)nc1-2. The molecule has 1 saturated heterocycles. The van der Waals surface area contributed by atoms with E-state index in [1.807, 2.05) is 68.7 Å². The molecule has 2 aliphatic heterocycles. The third-order valence-electron chi connectivity index (χ3n) is 6.86. The summed E-state index contributed by atoms with van der Waals surface area (Å²) in [5.74, 6) is 0.981. The topological polar surface area (TPSA) is 131 Å². The third-order valence-corrected chi connectivity index (χ3v) is 6.86. The van der Waals surface area contributed by atoms with Gasteiger partial charge in [-0.1, -0.05) is 42.5 Å². The van der Waals surface area contributed by atoms with Crippen molar-refractivity contribution in [2.75, 3.05) is 25.0 Å². The molecule has 0 saturated carbocycles. The van der Waals surface area contributed by atoms with Crippen LogP contribution in [0.15, 0.2) is 60.9 Å². The molecule has 2 amide bonds. The minimum Gasteiger partial charge on any atom is -0.445 e. The summed E-state index contributed by atoms with van der Waals surface area (Å²) in [4.78, 5) is 32.3. The fraction of sp³-hybridized carbons (Fsp3) is 0.296. The monoisotopic (exact) mass is 527 g/mol. The summed E-state index contributed by atoms with van der Waals surface area (Å²) in [6, 6.07) is 14.8. The van der Waals surface area contributed by atoms with Crippen LogP contribution in [-0.2, 0) is 23.2 Å². The molecular formula is C27H29N9O3. The van der Waals surface area contributed by atoms with E-state index in [2.05, 4.69) is 21.0 Å². The van der Waals surface area contributed by atoms with Crippen molar-refractivity contribution in [1.82, 2.24) is 40.1 Å². The van der Waals surface area contributed by atoms with E-state index in [-0.39, 0.29) is 19.1 Å². The summed E-state index contributed by atoms with van der Waals surface area (Å²) in [7, 11) is 1.84. The quantitative estimate of drug-likeness (QED) is 0.360. The number of benzene rings is 2. The van der Waals surface area contributed by atoms with Gasteiger partial charge in [0.05, 0.1) is 17.4 Å². The van der Waals surface area contributed by atoms with Gasteiger partial charge in [0, 0.05) is 38.4 Å². The smallest absolute Gasteiger partial charge is 0.410 e. The first-order valence-electron chi connectivity index (χ1n) is 12.8. The van der Waals surface area contributed by atoms with Gasteiger partial charge in [-0.25, -0.2) is 14.5 Å². The fourth-order valence-electron chi connectivity index (χ4n) is 4.83. The van der Waals surface area contributed by atoms with Crippen molar-refractivity contribution in [3.05, 3.63) is 72.1 Å². The molecule has 12 nitrogen and oxygen atoms in total. The van der Waals surface area contributed by atoms with Gasteiger partial charge in [0.15, 0.2) is 17.9 Å². The molecule has 200 valence electrons. The summed E-state index contributed by atoms with van der Waals surface area (Å²) >= 11 is 0. The lowest BCUT2D eigenvalue weighted by Gasteiger charge is -2.32. The van der Waals surface area contributed by atoms with E-state index in [1.165, 1.54) is 0 Å². The van der Waals surface area contributed by atoms with Crippen LogP contribution in [0, 0.1) is 6.92 Å². The Balaban J connectivity index is 1.25. The first-order valence-corrected chi connectivity index (χ1v) is 12.8. The van der Waals surface area contributed by atoms with E-state index < -0.39 is 18.4 Å². The Morgan fingerprint density at radius 1 is 1.18 bits per heavy atom. The fourth-order valence-corrected chi connectivity index (χ4v) is 4.83. The van der Waals surface area contributed by atoms with E-state index in [4.69, 9.17) is 14.8 Å². The highest BCUT2D eigenvalue weighted by Crippen LogP contribution is 2.37. The lowest BCUT2D eigenvalue weighted by Crippen LogP contribution is -2.52. The van der Waals surface area contributed by atoms with Crippen molar-refractivity contribution in [2.45, 2.75) is 25.9 Å². The number of carbonyl (C=O) groups is 2. The number of aromatic nitrogens is 5. The number of carbonyl (C=O) groups excluding carboxylic acids is 2. The van der Waals surface area contributed by atoms with Gasteiger partial charge in [0.1, 0.15) is 12.6 Å². The largest absolute Gasteiger partial charge is 0.445 e. The first kappa shape index (κ1) is 24.6. The second-order valence-electron chi connectivity index (χ2n) is 9.65. The van der Waals surface area contributed by atoms with Crippen molar-refractivity contribution in [1.29, 1.82) is 0 Å². The Hall–Kier alpha value is -4.71. The van der Waals surface area contributed by atoms with E-state index in [0.29, 0.717) is 24.7 Å². The molecule has 6 rings (SSSR count). The molecule has 2 atom stereocenters. The summed E-state index contributed by atoms with van der Waals surface area (Å²) in [5.41, 5.74) is 4.53. The summed E-state index contributed by atoms with van der Waals surface area (Å²) < 4.78 is 8.97. The summed E-state index contributed by atoms with van der Waals surface area (Å²) in [6.07, 6.45) is 2.50. The molecule has 2 aromatic carbocycles.